The Hall–Kier alpha value is -1.44. The van der Waals surface area contributed by atoms with Gasteiger partial charge in [-0.15, -0.1) is 0 Å². The highest BCUT2D eigenvalue weighted by atomic mass is 79.9. The number of nitrogen functional groups attached to an aromatic ring is 1. The second-order valence-electron chi connectivity index (χ2n) is 4.57. The van der Waals surface area contributed by atoms with Crippen LogP contribution in [0.1, 0.15) is 5.56 Å². The molecule has 0 saturated carbocycles. The van der Waals surface area contributed by atoms with Gasteiger partial charge in [0.2, 0.25) is 10.0 Å². The summed E-state index contributed by atoms with van der Waals surface area (Å²) in [5.74, 6) is -0.742. The smallest absolute Gasteiger partial charge is 0.243 e. The van der Waals surface area contributed by atoms with Crippen molar-refractivity contribution in [3.05, 3.63) is 58.3 Å². The van der Waals surface area contributed by atoms with Crippen molar-refractivity contribution in [1.29, 1.82) is 0 Å². The lowest BCUT2D eigenvalue weighted by Crippen LogP contribution is -2.26. The molecule has 0 amide bonds. The minimum absolute atomic E-state index is 0.0792. The lowest BCUT2D eigenvalue weighted by atomic mass is 10.2. The molecule has 0 saturated heterocycles. The van der Waals surface area contributed by atoms with Crippen LogP contribution in [0, 0.1) is 5.82 Å². The predicted octanol–water partition coefficient (Wildman–Crippen LogP) is 2.99. The van der Waals surface area contributed by atoms with Gasteiger partial charge in [-0.05, 0) is 35.9 Å². The standard InChI is InChI=1S/C14H14BrFN2O2S/c1-18(9-10-2-4-11(15)5-3-10)21(19,20)12-6-7-14(17)13(16)8-12/h2-8H,9,17H2,1H3. The maximum absolute atomic E-state index is 13.4. The molecule has 0 fully saturated rings. The quantitative estimate of drug-likeness (QED) is 0.839. The summed E-state index contributed by atoms with van der Waals surface area (Å²) in [4.78, 5) is -0.117. The summed E-state index contributed by atoms with van der Waals surface area (Å²) in [6.07, 6.45) is 0. The molecule has 0 aliphatic carbocycles. The zero-order valence-electron chi connectivity index (χ0n) is 11.3. The second-order valence-corrected chi connectivity index (χ2v) is 7.53. The van der Waals surface area contributed by atoms with E-state index in [0.717, 1.165) is 16.1 Å². The Kier molecular flexibility index (Phi) is 4.65. The molecule has 0 bridgehead atoms. The molecule has 7 heteroatoms. The molecule has 0 aliphatic heterocycles. The molecule has 2 rings (SSSR count). The molecular formula is C14H14BrFN2O2S. The Balaban J connectivity index is 2.25. The van der Waals surface area contributed by atoms with Gasteiger partial charge >= 0.3 is 0 Å². The van der Waals surface area contributed by atoms with Crippen molar-refractivity contribution in [3.8, 4) is 0 Å². The Morgan fingerprint density at radius 2 is 1.81 bits per heavy atom. The number of nitrogens with two attached hydrogens (primary N) is 1. The van der Waals surface area contributed by atoms with E-state index in [9.17, 15) is 12.8 Å². The van der Waals surface area contributed by atoms with Crippen LogP contribution < -0.4 is 5.73 Å². The lowest BCUT2D eigenvalue weighted by molar-refractivity contribution is 0.466. The Morgan fingerprint density at radius 3 is 2.38 bits per heavy atom. The van der Waals surface area contributed by atoms with Crippen LogP contribution in [0.25, 0.3) is 0 Å². The Labute approximate surface area is 131 Å². The molecule has 21 heavy (non-hydrogen) atoms. The molecule has 112 valence electrons. The first kappa shape index (κ1) is 15.9. The number of hydrogen-bond donors (Lipinski definition) is 1. The molecule has 0 unspecified atom stereocenters. The third kappa shape index (κ3) is 3.61. The van der Waals surface area contributed by atoms with Gasteiger partial charge in [0.15, 0.2) is 0 Å². The van der Waals surface area contributed by atoms with Crippen LogP contribution in [0.15, 0.2) is 51.8 Å². The van der Waals surface area contributed by atoms with E-state index in [0.29, 0.717) is 0 Å². The van der Waals surface area contributed by atoms with Gasteiger partial charge in [0.05, 0.1) is 10.6 Å². The molecule has 2 N–H and O–H groups in total. The Morgan fingerprint density at radius 1 is 1.19 bits per heavy atom. The van der Waals surface area contributed by atoms with Gasteiger partial charge in [0.1, 0.15) is 5.82 Å². The summed E-state index contributed by atoms with van der Waals surface area (Å²) in [5, 5.41) is 0. The van der Waals surface area contributed by atoms with E-state index in [-0.39, 0.29) is 17.1 Å². The fourth-order valence-electron chi connectivity index (χ4n) is 1.78. The van der Waals surface area contributed by atoms with Crippen LogP contribution in [0.3, 0.4) is 0 Å². The number of halogens is 2. The van der Waals surface area contributed by atoms with Crippen molar-refractivity contribution in [2.75, 3.05) is 12.8 Å². The van der Waals surface area contributed by atoms with Crippen molar-refractivity contribution in [2.45, 2.75) is 11.4 Å². The third-order valence-electron chi connectivity index (χ3n) is 3.00. The fraction of sp³-hybridized carbons (Fsp3) is 0.143. The van der Waals surface area contributed by atoms with Crippen molar-refractivity contribution in [3.63, 3.8) is 0 Å². The first-order valence-corrected chi connectivity index (χ1v) is 8.30. The normalized spacial score (nSPS) is 11.8. The molecular weight excluding hydrogens is 359 g/mol. The van der Waals surface area contributed by atoms with Crippen molar-refractivity contribution in [1.82, 2.24) is 4.31 Å². The number of hydrogen-bond acceptors (Lipinski definition) is 3. The minimum atomic E-state index is -3.76. The highest BCUT2D eigenvalue weighted by molar-refractivity contribution is 9.10. The summed E-state index contributed by atoms with van der Waals surface area (Å²) >= 11 is 3.32. The molecule has 2 aromatic rings. The van der Waals surface area contributed by atoms with Gasteiger partial charge in [0.25, 0.3) is 0 Å². The zero-order chi connectivity index (χ0) is 15.6. The number of rotatable bonds is 4. The van der Waals surface area contributed by atoms with Gasteiger partial charge in [-0.1, -0.05) is 28.1 Å². The zero-order valence-corrected chi connectivity index (χ0v) is 13.7. The van der Waals surface area contributed by atoms with Crippen LogP contribution in [0.4, 0.5) is 10.1 Å². The second kappa shape index (κ2) is 6.13. The lowest BCUT2D eigenvalue weighted by Gasteiger charge is -2.17. The van der Waals surface area contributed by atoms with Crippen LogP contribution in [0.2, 0.25) is 0 Å². The first-order chi connectivity index (χ1) is 9.80. The van der Waals surface area contributed by atoms with E-state index in [4.69, 9.17) is 5.73 Å². The largest absolute Gasteiger partial charge is 0.396 e. The minimum Gasteiger partial charge on any atom is -0.396 e. The fourth-order valence-corrected chi connectivity index (χ4v) is 3.22. The summed E-state index contributed by atoms with van der Waals surface area (Å²) in [6, 6.07) is 10.8. The SMILES string of the molecule is CN(Cc1ccc(Br)cc1)S(=O)(=O)c1ccc(N)c(F)c1. The Bertz CT molecular complexity index is 748. The first-order valence-electron chi connectivity index (χ1n) is 6.06. The third-order valence-corrected chi connectivity index (χ3v) is 5.33. The molecule has 0 aromatic heterocycles. The summed E-state index contributed by atoms with van der Waals surface area (Å²) in [5.41, 5.74) is 6.11. The predicted molar refractivity (Wildman–Crippen MR) is 83.6 cm³/mol. The van der Waals surface area contributed by atoms with Crippen LogP contribution in [0.5, 0.6) is 0 Å². The van der Waals surface area contributed by atoms with Gasteiger partial charge in [-0.2, -0.15) is 4.31 Å². The maximum atomic E-state index is 13.4. The molecule has 0 spiro atoms. The topological polar surface area (TPSA) is 63.4 Å². The van der Waals surface area contributed by atoms with Crippen LogP contribution in [-0.2, 0) is 16.6 Å². The van der Waals surface area contributed by atoms with E-state index < -0.39 is 15.8 Å². The molecule has 0 aliphatic rings. The number of sulfonamides is 1. The van der Waals surface area contributed by atoms with E-state index in [1.807, 2.05) is 24.3 Å². The highest BCUT2D eigenvalue weighted by Gasteiger charge is 2.21. The average Bonchev–Trinajstić information content (AvgIpc) is 2.44. The average molecular weight is 373 g/mol. The summed E-state index contributed by atoms with van der Waals surface area (Å²) in [6.45, 7) is 0.196. The van der Waals surface area contributed by atoms with Gasteiger partial charge in [-0.25, -0.2) is 12.8 Å². The van der Waals surface area contributed by atoms with Crippen molar-refractivity contribution < 1.29 is 12.8 Å². The maximum Gasteiger partial charge on any atom is 0.243 e. The van der Waals surface area contributed by atoms with Gasteiger partial charge in [0, 0.05) is 18.1 Å². The monoisotopic (exact) mass is 372 g/mol. The molecule has 0 atom stereocenters. The van der Waals surface area contributed by atoms with Crippen molar-refractivity contribution >= 4 is 31.6 Å². The van der Waals surface area contributed by atoms with Crippen LogP contribution in [-0.4, -0.2) is 19.8 Å². The van der Waals surface area contributed by atoms with Crippen LogP contribution >= 0.6 is 15.9 Å². The van der Waals surface area contributed by atoms with E-state index in [1.54, 1.807) is 0 Å². The van der Waals surface area contributed by atoms with Gasteiger partial charge in [-0.3, -0.25) is 0 Å². The number of anilines is 1. The van der Waals surface area contributed by atoms with E-state index in [2.05, 4.69) is 15.9 Å². The molecule has 2 aromatic carbocycles. The van der Waals surface area contributed by atoms with E-state index >= 15 is 0 Å². The summed E-state index contributed by atoms with van der Waals surface area (Å²) < 4.78 is 40.3. The summed E-state index contributed by atoms with van der Waals surface area (Å²) in [7, 11) is -2.31. The highest BCUT2D eigenvalue weighted by Crippen LogP contribution is 2.21. The van der Waals surface area contributed by atoms with Crippen molar-refractivity contribution in [2.24, 2.45) is 0 Å². The number of nitrogens with zero attached hydrogens (tertiary/aromatic N) is 1. The molecule has 4 nitrogen and oxygen atoms in total. The van der Waals surface area contributed by atoms with Gasteiger partial charge < -0.3 is 5.73 Å². The molecule has 0 heterocycles. The molecule has 0 radical (unpaired) electrons. The number of benzene rings is 2. The van der Waals surface area contributed by atoms with E-state index in [1.165, 1.54) is 23.5 Å².